The largest absolute Gasteiger partial charge is 0.493 e. The molecule has 2 amide bonds. The first kappa shape index (κ1) is 22.8. The van der Waals surface area contributed by atoms with Crippen molar-refractivity contribution in [2.45, 2.75) is 25.7 Å². The molecule has 8 heteroatoms. The second-order valence-corrected chi connectivity index (χ2v) is 7.05. The highest BCUT2D eigenvalue weighted by Crippen LogP contribution is 2.38. The molecule has 8 nitrogen and oxygen atoms in total. The lowest BCUT2D eigenvalue weighted by Crippen LogP contribution is -2.39. The van der Waals surface area contributed by atoms with Crippen molar-refractivity contribution >= 4 is 11.8 Å². The van der Waals surface area contributed by atoms with E-state index in [1.54, 1.807) is 19.2 Å². The maximum Gasteiger partial charge on any atom is 0.254 e. The molecule has 29 heavy (non-hydrogen) atoms. The molecule has 162 valence electrons. The molecular formula is C21H32N2O6. The first-order valence-corrected chi connectivity index (χ1v) is 9.88. The van der Waals surface area contributed by atoms with Crippen LogP contribution in [0.2, 0.25) is 0 Å². The van der Waals surface area contributed by atoms with Crippen molar-refractivity contribution in [1.82, 2.24) is 10.2 Å². The Morgan fingerprint density at radius 2 is 1.66 bits per heavy atom. The summed E-state index contributed by atoms with van der Waals surface area (Å²) in [6, 6.07) is 3.34. The normalized spacial score (nSPS) is 14.4. The maximum absolute atomic E-state index is 13.0. The number of ether oxygens (including phenoxy) is 4. The molecule has 0 aliphatic carbocycles. The highest BCUT2D eigenvalue weighted by atomic mass is 16.5. The number of amides is 2. The van der Waals surface area contributed by atoms with Gasteiger partial charge in [-0.3, -0.25) is 9.59 Å². The molecule has 0 aromatic heterocycles. The Morgan fingerprint density at radius 3 is 2.17 bits per heavy atom. The highest BCUT2D eigenvalue weighted by Gasteiger charge is 2.26. The summed E-state index contributed by atoms with van der Waals surface area (Å²) in [6.07, 6.45) is 2.92. The van der Waals surface area contributed by atoms with Gasteiger partial charge in [0, 0.05) is 45.3 Å². The van der Waals surface area contributed by atoms with Gasteiger partial charge < -0.3 is 29.2 Å². The molecule has 1 aromatic carbocycles. The Morgan fingerprint density at radius 1 is 1.03 bits per heavy atom. The number of carbonyl (C=O) groups is 2. The van der Waals surface area contributed by atoms with E-state index in [0.29, 0.717) is 61.4 Å². The van der Waals surface area contributed by atoms with Crippen LogP contribution in [0.5, 0.6) is 17.2 Å². The third-order valence-corrected chi connectivity index (χ3v) is 5.13. The van der Waals surface area contributed by atoms with Gasteiger partial charge in [-0.1, -0.05) is 0 Å². The first-order chi connectivity index (χ1) is 14.0. The number of hydrogen-bond donors (Lipinski definition) is 1. The molecular weight excluding hydrogens is 376 g/mol. The van der Waals surface area contributed by atoms with Crippen molar-refractivity contribution in [3.05, 3.63) is 17.7 Å². The number of piperidine rings is 1. The lowest BCUT2D eigenvalue weighted by Gasteiger charge is -2.32. The molecule has 0 bridgehead atoms. The average molecular weight is 408 g/mol. The van der Waals surface area contributed by atoms with Crippen LogP contribution in [-0.4, -0.2) is 71.4 Å². The smallest absolute Gasteiger partial charge is 0.254 e. The number of rotatable bonds is 10. The van der Waals surface area contributed by atoms with Crippen LogP contribution in [0.1, 0.15) is 36.0 Å². The van der Waals surface area contributed by atoms with Crippen LogP contribution in [-0.2, 0) is 9.53 Å². The summed E-state index contributed by atoms with van der Waals surface area (Å²) in [5.41, 5.74) is 0.494. The zero-order chi connectivity index (χ0) is 21.2. The van der Waals surface area contributed by atoms with E-state index in [0.717, 1.165) is 19.3 Å². The standard InChI is InChI=1S/C21H32N2O6/c1-26-11-5-8-22-19(24)12-15-6-9-23(10-7-15)21(25)16-13-17(27-2)20(29-4)18(14-16)28-3/h13-15H,5-12H2,1-4H3,(H,22,24). The number of likely N-dealkylation sites (tertiary alicyclic amines) is 1. The zero-order valence-corrected chi connectivity index (χ0v) is 17.8. The molecule has 0 unspecified atom stereocenters. The SMILES string of the molecule is COCCCNC(=O)CC1CCN(C(=O)c2cc(OC)c(OC)c(OC)c2)CC1. The third kappa shape index (κ3) is 6.25. The summed E-state index contributed by atoms with van der Waals surface area (Å²) < 4.78 is 21.0. The van der Waals surface area contributed by atoms with Gasteiger partial charge >= 0.3 is 0 Å². The van der Waals surface area contributed by atoms with Gasteiger partial charge in [-0.25, -0.2) is 0 Å². The second-order valence-electron chi connectivity index (χ2n) is 7.05. The van der Waals surface area contributed by atoms with Crippen LogP contribution in [0.25, 0.3) is 0 Å². The summed E-state index contributed by atoms with van der Waals surface area (Å²) in [5, 5.41) is 2.92. The maximum atomic E-state index is 13.0. The van der Waals surface area contributed by atoms with Crippen molar-refractivity contribution in [2.24, 2.45) is 5.92 Å². The van der Waals surface area contributed by atoms with E-state index in [-0.39, 0.29) is 11.8 Å². The van der Waals surface area contributed by atoms with Crippen LogP contribution in [0.15, 0.2) is 12.1 Å². The lowest BCUT2D eigenvalue weighted by molar-refractivity contribution is -0.122. The molecule has 1 fully saturated rings. The van der Waals surface area contributed by atoms with Crippen LogP contribution < -0.4 is 19.5 Å². The molecule has 0 radical (unpaired) electrons. The summed E-state index contributed by atoms with van der Waals surface area (Å²) in [4.78, 5) is 26.8. The van der Waals surface area contributed by atoms with Gasteiger partial charge in [0.1, 0.15) is 0 Å². The van der Waals surface area contributed by atoms with Crippen molar-refractivity contribution in [3.8, 4) is 17.2 Å². The monoisotopic (exact) mass is 408 g/mol. The van der Waals surface area contributed by atoms with Gasteiger partial charge in [0.15, 0.2) is 11.5 Å². The predicted octanol–water partition coefficient (Wildman–Crippen LogP) is 2.11. The number of benzene rings is 1. The molecule has 0 atom stereocenters. The summed E-state index contributed by atoms with van der Waals surface area (Å²) in [6.45, 7) is 2.51. The van der Waals surface area contributed by atoms with Gasteiger partial charge in [0.05, 0.1) is 21.3 Å². The molecule has 0 saturated carbocycles. The first-order valence-electron chi connectivity index (χ1n) is 9.88. The average Bonchev–Trinajstić information content (AvgIpc) is 2.75. The van der Waals surface area contributed by atoms with E-state index in [1.807, 2.05) is 4.90 Å². The fourth-order valence-corrected chi connectivity index (χ4v) is 3.51. The minimum atomic E-state index is -0.0771. The van der Waals surface area contributed by atoms with Gasteiger partial charge in [0.25, 0.3) is 5.91 Å². The molecule has 1 heterocycles. The van der Waals surface area contributed by atoms with E-state index < -0.39 is 0 Å². The summed E-state index contributed by atoms with van der Waals surface area (Å²) in [5.74, 6) is 1.65. The third-order valence-electron chi connectivity index (χ3n) is 5.13. The van der Waals surface area contributed by atoms with Gasteiger partial charge in [-0.15, -0.1) is 0 Å². The minimum Gasteiger partial charge on any atom is -0.493 e. The Labute approximate surface area is 172 Å². The Bertz CT molecular complexity index is 661. The molecule has 1 aromatic rings. The van der Waals surface area contributed by atoms with E-state index in [9.17, 15) is 9.59 Å². The Hall–Kier alpha value is -2.48. The topological polar surface area (TPSA) is 86.3 Å². The fourth-order valence-electron chi connectivity index (χ4n) is 3.51. The molecule has 2 rings (SSSR count). The van der Waals surface area contributed by atoms with E-state index in [4.69, 9.17) is 18.9 Å². The number of methoxy groups -OCH3 is 4. The summed E-state index contributed by atoms with van der Waals surface area (Å²) >= 11 is 0. The van der Waals surface area contributed by atoms with Crippen LogP contribution >= 0.6 is 0 Å². The quantitative estimate of drug-likeness (QED) is 0.597. The van der Waals surface area contributed by atoms with E-state index >= 15 is 0 Å². The zero-order valence-electron chi connectivity index (χ0n) is 17.8. The van der Waals surface area contributed by atoms with E-state index in [1.165, 1.54) is 21.3 Å². The molecule has 0 spiro atoms. The Balaban J connectivity index is 1.91. The predicted molar refractivity (Wildman–Crippen MR) is 109 cm³/mol. The molecule has 1 aliphatic rings. The van der Waals surface area contributed by atoms with Crippen LogP contribution in [0.4, 0.5) is 0 Å². The van der Waals surface area contributed by atoms with Crippen molar-refractivity contribution in [3.63, 3.8) is 0 Å². The summed E-state index contributed by atoms with van der Waals surface area (Å²) in [7, 11) is 6.23. The molecule has 1 N–H and O–H groups in total. The van der Waals surface area contributed by atoms with Gasteiger partial charge in [-0.2, -0.15) is 0 Å². The van der Waals surface area contributed by atoms with E-state index in [2.05, 4.69) is 5.32 Å². The Kier molecular flexibility index (Phi) is 9.05. The second kappa shape index (κ2) is 11.5. The molecule has 1 saturated heterocycles. The van der Waals surface area contributed by atoms with Crippen LogP contribution in [0, 0.1) is 5.92 Å². The van der Waals surface area contributed by atoms with Crippen molar-refractivity contribution in [2.75, 3.05) is 54.7 Å². The fraction of sp³-hybridized carbons (Fsp3) is 0.619. The van der Waals surface area contributed by atoms with Gasteiger partial charge in [-0.05, 0) is 37.3 Å². The van der Waals surface area contributed by atoms with Crippen molar-refractivity contribution in [1.29, 1.82) is 0 Å². The number of nitrogens with one attached hydrogen (secondary N) is 1. The van der Waals surface area contributed by atoms with Crippen LogP contribution in [0.3, 0.4) is 0 Å². The lowest BCUT2D eigenvalue weighted by atomic mass is 9.92. The number of hydrogen-bond acceptors (Lipinski definition) is 6. The highest BCUT2D eigenvalue weighted by molar-refractivity contribution is 5.95. The van der Waals surface area contributed by atoms with Gasteiger partial charge in [0.2, 0.25) is 11.7 Å². The number of carbonyl (C=O) groups excluding carboxylic acids is 2. The minimum absolute atomic E-state index is 0.0653. The number of nitrogens with zero attached hydrogens (tertiary/aromatic N) is 1. The van der Waals surface area contributed by atoms with Crippen molar-refractivity contribution < 1.29 is 28.5 Å². The molecule has 1 aliphatic heterocycles.